The number of rotatable bonds is 4. The molecule has 3 atom stereocenters. The van der Waals surface area contributed by atoms with E-state index in [1.165, 1.54) is 29.7 Å². The van der Waals surface area contributed by atoms with Crippen LogP contribution in [0.25, 0.3) is 0 Å². The van der Waals surface area contributed by atoms with Gasteiger partial charge in [0.2, 0.25) is 0 Å². The van der Waals surface area contributed by atoms with Crippen molar-refractivity contribution in [3.05, 3.63) is 36.2 Å². The van der Waals surface area contributed by atoms with E-state index in [0.29, 0.717) is 24.2 Å². The smallest absolute Gasteiger partial charge is 0.303 e. The Bertz CT molecular complexity index is 892. The molecule has 0 spiro atoms. The van der Waals surface area contributed by atoms with Gasteiger partial charge in [-0.2, -0.15) is 0 Å². The number of aliphatic carboxylic acids is 1. The molecule has 1 saturated carbocycles. The van der Waals surface area contributed by atoms with Crippen LogP contribution in [-0.2, 0) is 11.3 Å². The summed E-state index contributed by atoms with van der Waals surface area (Å²) in [6.07, 6.45) is 7.36. The molecule has 0 amide bonds. The number of piperidine rings is 1. The summed E-state index contributed by atoms with van der Waals surface area (Å²) >= 11 is 1.65. The summed E-state index contributed by atoms with van der Waals surface area (Å²) in [5.74, 6) is 1.59. The van der Waals surface area contributed by atoms with Crippen LogP contribution < -0.4 is 5.32 Å². The number of nitrogens with one attached hydrogen (secondary N) is 1. The average Bonchev–Trinajstić information content (AvgIpc) is 2.66. The minimum atomic E-state index is -0.642. The van der Waals surface area contributed by atoms with Crippen molar-refractivity contribution in [2.24, 2.45) is 17.8 Å². The third-order valence-corrected chi connectivity index (χ3v) is 7.40. The van der Waals surface area contributed by atoms with Gasteiger partial charge in [0.05, 0.1) is 5.69 Å². The van der Waals surface area contributed by atoms with Gasteiger partial charge < -0.3 is 10.4 Å². The Morgan fingerprint density at radius 1 is 1.21 bits per heavy atom. The summed E-state index contributed by atoms with van der Waals surface area (Å²) < 4.78 is 0. The normalized spacial score (nSPS) is 26.1. The molecule has 146 valence electrons. The Kier molecular flexibility index (Phi) is 4.72. The van der Waals surface area contributed by atoms with Gasteiger partial charge in [0.25, 0.3) is 0 Å². The van der Waals surface area contributed by atoms with Crippen molar-refractivity contribution in [3.8, 4) is 0 Å². The first-order valence-corrected chi connectivity index (χ1v) is 10.8. The lowest BCUT2D eigenvalue weighted by atomic mass is 9.67. The Labute approximate surface area is 168 Å². The van der Waals surface area contributed by atoms with E-state index in [2.05, 4.69) is 38.4 Å². The fourth-order valence-electron chi connectivity index (χ4n) is 5.15. The monoisotopic (exact) mass is 396 g/mol. The van der Waals surface area contributed by atoms with E-state index in [4.69, 9.17) is 0 Å². The van der Waals surface area contributed by atoms with E-state index in [-0.39, 0.29) is 0 Å². The van der Waals surface area contributed by atoms with Crippen LogP contribution in [0.3, 0.4) is 0 Å². The molecular weight excluding hydrogens is 372 g/mol. The number of benzene rings is 1. The molecule has 2 aliphatic heterocycles. The first kappa shape index (κ1) is 17.9. The SMILES string of the molecule is O=C(O)CC1[C@@H]2CCC[C@H]1CN(Cc1ccc3c(c1)Nc1nccnc1S3)C2. The molecule has 2 bridgehead atoms. The van der Waals surface area contributed by atoms with Gasteiger partial charge >= 0.3 is 5.97 Å². The number of carbonyl (C=O) groups is 1. The zero-order valence-electron chi connectivity index (χ0n) is 15.7. The van der Waals surface area contributed by atoms with Crippen LogP contribution in [0, 0.1) is 17.8 Å². The van der Waals surface area contributed by atoms with Crippen LogP contribution in [0.15, 0.2) is 40.5 Å². The van der Waals surface area contributed by atoms with Gasteiger partial charge in [-0.3, -0.25) is 9.69 Å². The standard InChI is InChI=1S/C21H24N4O2S/c26-19(27)9-16-14-2-1-3-15(16)12-25(11-14)10-13-4-5-18-17(8-13)24-20-21(28-18)23-7-6-22-20/h4-8,14-16H,1-3,9-12H2,(H,22,24)(H,26,27)/t14-,15+,16?. The van der Waals surface area contributed by atoms with E-state index in [1.807, 2.05) is 0 Å². The molecule has 2 N–H and O–H groups in total. The van der Waals surface area contributed by atoms with Crippen LogP contribution in [0.4, 0.5) is 11.5 Å². The summed E-state index contributed by atoms with van der Waals surface area (Å²) in [7, 11) is 0. The number of aromatic nitrogens is 2. The lowest BCUT2D eigenvalue weighted by Crippen LogP contribution is -2.48. The number of carboxylic acids is 1. The Morgan fingerprint density at radius 2 is 2.00 bits per heavy atom. The highest BCUT2D eigenvalue weighted by Crippen LogP contribution is 2.44. The Hall–Kier alpha value is -2.12. The highest BCUT2D eigenvalue weighted by Gasteiger charge is 2.40. The van der Waals surface area contributed by atoms with Crippen molar-refractivity contribution in [2.75, 3.05) is 18.4 Å². The molecule has 0 radical (unpaired) electrons. The van der Waals surface area contributed by atoms with Crippen LogP contribution in [-0.4, -0.2) is 39.0 Å². The molecule has 1 aromatic heterocycles. The molecule has 6 nitrogen and oxygen atoms in total. The quantitative estimate of drug-likeness (QED) is 0.690. The number of likely N-dealkylation sites (tertiary alicyclic amines) is 1. The van der Waals surface area contributed by atoms with Crippen LogP contribution >= 0.6 is 11.8 Å². The lowest BCUT2D eigenvalue weighted by molar-refractivity contribution is -0.140. The molecule has 5 rings (SSSR count). The molecule has 1 saturated heterocycles. The van der Waals surface area contributed by atoms with E-state index in [9.17, 15) is 9.90 Å². The second-order valence-electron chi connectivity index (χ2n) is 8.17. The number of hydrogen-bond donors (Lipinski definition) is 2. The molecule has 1 aromatic carbocycles. The highest BCUT2D eigenvalue weighted by atomic mass is 32.2. The third-order valence-electron chi connectivity index (χ3n) is 6.33. The van der Waals surface area contributed by atoms with Gasteiger partial charge in [-0.15, -0.1) is 0 Å². The third kappa shape index (κ3) is 3.49. The summed E-state index contributed by atoms with van der Waals surface area (Å²) in [6, 6.07) is 6.59. The molecular formula is C21H24N4O2S. The molecule has 2 aromatic rings. The molecule has 1 unspecified atom stereocenters. The summed E-state index contributed by atoms with van der Waals surface area (Å²) in [4.78, 5) is 23.7. The number of nitrogens with zero attached hydrogens (tertiary/aromatic N) is 3. The fraction of sp³-hybridized carbons (Fsp3) is 0.476. The topological polar surface area (TPSA) is 78.4 Å². The molecule has 3 heterocycles. The van der Waals surface area contributed by atoms with Gasteiger partial charge in [-0.1, -0.05) is 24.2 Å². The second kappa shape index (κ2) is 7.37. The molecule has 28 heavy (non-hydrogen) atoms. The molecule has 7 heteroatoms. The van der Waals surface area contributed by atoms with Crippen molar-refractivity contribution in [1.82, 2.24) is 14.9 Å². The van der Waals surface area contributed by atoms with Gasteiger partial charge in [-0.25, -0.2) is 9.97 Å². The van der Waals surface area contributed by atoms with Gasteiger partial charge in [0.1, 0.15) is 5.03 Å². The lowest BCUT2D eigenvalue weighted by Gasteiger charge is -2.47. The minimum Gasteiger partial charge on any atom is -0.481 e. The van der Waals surface area contributed by atoms with Crippen LogP contribution in [0.5, 0.6) is 0 Å². The maximum absolute atomic E-state index is 11.3. The zero-order chi connectivity index (χ0) is 19.1. The Morgan fingerprint density at radius 3 is 2.79 bits per heavy atom. The minimum absolute atomic E-state index is 0.337. The largest absolute Gasteiger partial charge is 0.481 e. The van der Waals surface area contributed by atoms with Crippen molar-refractivity contribution in [2.45, 2.75) is 42.1 Å². The Balaban J connectivity index is 1.30. The highest BCUT2D eigenvalue weighted by molar-refractivity contribution is 7.99. The summed E-state index contributed by atoms with van der Waals surface area (Å²) in [6.45, 7) is 2.95. The predicted molar refractivity (Wildman–Crippen MR) is 108 cm³/mol. The number of fused-ring (bicyclic) bond motifs is 4. The number of hydrogen-bond acceptors (Lipinski definition) is 6. The summed E-state index contributed by atoms with van der Waals surface area (Å²) in [5, 5.41) is 13.6. The maximum atomic E-state index is 11.3. The van der Waals surface area contributed by atoms with Crippen molar-refractivity contribution < 1.29 is 9.90 Å². The zero-order valence-corrected chi connectivity index (χ0v) is 16.5. The first-order chi connectivity index (χ1) is 13.7. The first-order valence-electron chi connectivity index (χ1n) is 9.98. The fourth-order valence-corrected chi connectivity index (χ4v) is 6.03. The van der Waals surface area contributed by atoms with Gasteiger partial charge in [0.15, 0.2) is 5.82 Å². The number of anilines is 2. The van der Waals surface area contributed by atoms with Crippen molar-refractivity contribution in [3.63, 3.8) is 0 Å². The van der Waals surface area contributed by atoms with Crippen molar-refractivity contribution in [1.29, 1.82) is 0 Å². The second-order valence-corrected chi connectivity index (χ2v) is 9.21. The summed E-state index contributed by atoms with van der Waals surface area (Å²) in [5.41, 5.74) is 2.38. The molecule has 3 aliphatic rings. The predicted octanol–water partition coefficient (Wildman–Crippen LogP) is 4.01. The molecule has 1 aliphatic carbocycles. The average molecular weight is 397 g/mol. The van der Waals surface area contributed by atoms with Gasteiger partial charge in [-0.05, 0) is 48.3 Å². The van der Waals surface area contributed by atoms with Gasteiger partial charge in [0, 0.05) is 43.3 Å². The van der Waals surface area contributed by atoms with Crippen LogP contribution in [0.1, 0.15) is 31.2 Å². The van der Waals surface area contributed by atoms with E-state index < -0.39 is 5.97 Å². The van der Waals surface area contributed by atoms with E-state index >= 15 is 0 Å². The van der Waals surface area contributed by atoms with E-state index in [1.54, 1.807) is 24.2 Å². The maximum Gasteiger partial charge on any atom is 0.303 e. The van der Waals surface area contributed by atoms with E-state index in [0.717, 1.165) is 36.2 Å². The molecule has 2 fully saturated rings. The number of carboxylic acid groups (broad SMARTS) is 1. The van der Waals surface area contributed by atoms with Crippen LogP contribution in [0.2, 0.25) is 0 Å². The van der Waals surface area contributed by atoms with Crippen molar-refractivity contribution >= 4 is 29.2 Å².